The molecule has 1 aromatic carbocycles. The molecule has 0 aliphatic rings. The molecule has 0 fully saturated rings. The van der Waals surface area contributed by atoms with Crippen molar-refractivity contribution in [1.29, 1.82) is 0 Å². The highest BCUT2D eigenvalue weighted by molar-refractivity contribution is 14.1. The third-order valence-electron chi connectivity index (χ3n) is 1.90. The van der Waals surface area contributed by atoms with Crippen LogP contribution in [0.4, 0.5) is 0 Å². The van der Waals surface area contributed by atoms with Crippen molar-refractivity contribution in [2.45, 2.75) is 4.34 Å². The molecule has 5 heteroatoms. The summed E-state index contributed by atoms with van der Waals surface area (Å²) < 4.78 is 2.08. The maximum atomic E-state index is 11.8. The van der Waals surface area contributed by atoms with Crippen LogP contribution in [0, 0.1) is 3.57 Å². The highest BCUT2D eigenvalue weighted by atomic mass is 127. The highest BCUT2D eigenvalue weighted by Gasteiger charge is 2.07. The van der Waals surface area contributed by atoms with Crippen LogP contribution in [0.2, 0.25) is 0 Å². The van der Waals surface area contributed by atoms with Crippen LogP contribution in [0.1, 0.15) is 10.4 Å². The Morgan fingerprint density at radius 1 is 1.38 bits per heavy atom. The summed E-state index contributed by atoms with van der Waals surface area (Å²) in [5.41, 5.74) is 0.768. The minimum Gasteiger partial charge on any atom is -0.293 e. The Hall–Kier alpha value is -0.400. The number of Topliss-reactive ketones (excluding diaryl/α,β-unsaturated/α-hetero) is 1. The van der Waals surface area contributed by atoms with Crippen molar-refractivity contribution in [3.63, 3.8) is 0 Å². The lowest BCUT2D eigenvalue weighted by molar-refractivity contribution is 0.102. The maximum Gasteiger partial charge on any atom is 0.173 e. The van der Waals surface area contributed by atoms with Gasteiger partial charge in [-0.2, -0.15) is 0 Å². The van der Waals surface area contributed by atoms with Gasteiger partial charge in [0.2, 0.25) is 0 Å². The van der Waals surface area contributed by atoms with Crippen LogP contribution in [0.3, 0.4) is 0 Å². The van der Waals surface area contributed by atoms with Gasteiger partial charge in [-0.25, -0.2) is 4.98 Å². The molecule has 2 aromatic rings. The number of carbonyl (C=O) groups is 1. The Kier molecular flexibility index (Phi) is 4.37. The zero-order valence-corrected chi connectivity index (χ0v) is 12.0. The first-order valence-corrected chi connectivity index (χ1v) is 7.51. The van der Waals surface area contributed by atoms with E-state index < -0.39 is 0 Å². The molecule has 0 bridgehead atoms. The molecule has 16 heavy (non-hydrogen) atoms. The number of aromatic nitrogens is 1. The zero-order chi connectivity index (χ0) is 11.4. The van der Waals surface area contributed by atoms with Crippen molar-refractivity contribution in [3.8, 4) is 0 Å². The van der Waals surface area contributed by atoms with Crippen LogP contribution < -0.4 is 0 Å². The number of halogens is 1. The second kappa shape index (κ2) is 5.79. The van der Waals surface area contributed by atoms with E-state index in [4.69, 9.17) is 0 Å². The van der Waals surface area contributed by atoms with Crippen molar-refractivity contribution in [3.05, 3.63) is 45.0 Å². The van der Waals surface area contributed by atoms with Gasteiger partial charge in [0.1, 0.15) is 4.34 Å². The molecule has 0 saturated heterocycles. The van der Waals surface area contributed by atoms with Crippen LogP contribution in [0.5, 0.6) is 0 Å². The lowest BCUT2D eigenvalue weighted by Gasteiger charge is -1.99. The third-order valence-corrected chi connectivity index (χ3v) is 4.59. The van der Waals surface area contributed by atoms with E-state index in [-0.39, 0.29) is 5.78 Å². The van der Waals surface area contributed by atoms with Gasteiger partial charge in [-0.1, -0.05) is 23.9 Å². The molecular formula is C11H8INOS2. The molecule has 1 heterocycles. The van der Waals surface area contributed by atoms with E-state index in [1.807, 2.05) is 29.6 Å². The number of thioether (sulfide) groups is 1. The Bertz CT molecular complexity index is 467. The summed E-state index contributed by atoms with van der Waals surface area (Å²) in [6.07, 6.45) is 1.75. The van der Waals surface area contributed by atoms with Crippen molar-refractivity contribution >= 4 is 51.5 Å². The smallest absolute Gasteiger partial charge is 0.173 e. The number of nitrogens with zero attached hydrogens (tertiary/aromatic N) is 1. The minimum atomic E-state index is 0.150. The molecule has 2 nitrogen and oxygen atoms in total. The summed E-state index contributed by atoms with van der Waals surface area (Å²) >= 11 is 5.28. The largest absolute Gasteiger partial charge is 0.293 e. The number of ketones is 1. The van der Waals surface area contributed by atoms with Gasteiger partial charge in [0.25, 0.3) is 0 Å². The van der Waals surface area contributed by atoms with Gasteiger partial charge in [0.05, 0.1) is 5.75 Å². The molecule has 0 aliphatic heterocycles. The third kappa shape index (κ3) is 3.29. The summed E-state index contributed by atoms with van der Waals surface area (Å²) in [5, 5.41) is 1.91. The van der Waals surface area contributed by atoms with Crippen LogP contribution in [0.15, 0.2) is 40.2 Å². The van der Waals surface area contributed by atoms with E-state index in [1.54, 1.807) is 17.5 Å². The molecular weight excluding hydrogens is 353 g/mol. The predicted molar refractivity (Wildman–Crippen MR) is 76.3 cm³/mol. The number of benzene rings is 1. The quantitative estimate of drug-likeness (QED) is 0.472. The molecule has 0 unspecified atom stereocenters. The van der Waals surface area contributed by atoms with E-state index in [9.17, 15) is 4.79 Å². The average Bonchev–Trinajstić information content (AvgIpc) is 2.80. The number of carbonyl (C=O) groups excluding carboxylic acids is 1. The van der Waals surface area contributed by atoms with Gasteiger partial charge in [-0.05, 0) is 34.7 Å². The van der Waals surface area contributed by atoms with Gasteiger partial charge >= 0.3 is 0 Å². The summed E-state index contributed by atoms with van der Waals surface area (Å²) in [4.78, 5) is 15.9. The number of hydrogen-bond donors (Lipinski definition) is 0. The standard InChI is InChI=1S/C11H8INOS2/c12-9-3-1-8(2-4-9)10(14)7-16-11-13-5-6-15-11/h1-6H,7H2. The van der Waals surface area contributed by atoms with E-state index in [0.29, 0.717) is 5.75 Å². The number of rotatable bonds is 4. The van der Waals surface area contributed by atoms with Crippen molar-refractivity contribution in [1.82, 2.24) is 4.98 Å². The predicted octanol–water partition coefficient (Wildman–Crippen LogP) is 3.72. The maximum absolute atomic E-state index is 11.8. The topological polar surface area (TPSA) is 30.0 Å². The van der Waals surface area contributed by atoms with E-state index in [0.717, 1.165) is 13.5 Å². The molecule has 0 amide bonds. The first kappa shape index (κ1) is 12.1. The second-order valence-corrected chi connectivity index (χ2v) is 6.38. The minimum absolute atomic E-state index is 0.150. The van der Waals surface area contributed by atoms with Gasteiger partial charge in [0, 0.05) is 20.7 Å². The summed E-state index contributed by atoms with van der Waals surface area (Å²) in [6, 6.07) is 7.63. The highest BCUT2D eigenvalue weighted by Crippen LogP contribution is 2.21. The summed E-state index contributed by atoms with van der Waals surface area (Å²) in [5.74, 6) is 0.602. The molecule has 82 valence electrons. The lowest BCUT2D eigenvalue weighted by Crippen LogP contribution is -2.01. The Labute approximate surface area is 116 Å². The average molecular weight is 361 g/mol. The van der Waals surface area contributed by atoms with E-state index >= 15 is 0 Å². The molecule has 0 spiro atoms. The van der Waals surface area contributed by atoms with Gasteiger partial charge in [-0.15, -0.1) is 11.3 Å². The number of thiazole rings is 1. The van der Waals surface area contributed by atoms with Crippen molar-refractivity contribution in [2.24, 2.45) is 0 Å². The Morgan fingerprint density at radius 2 is 2.12 bits per heavy atom. The van der Waals surface area contributed by atoms with Crippen molar-refractivity contribution < 1.29 is 4.79 Å². The van der Waals surface area contributed by atoms with Crippen molar-refractivity contribution in [2.75, 3.05) is 5.75 Å². The SMILES string of the molecule is O=C(CSc1nccs1)c1ccc(I)cc1. The molecule has 0 radical (unpaired) electrons. The van der Waals surface area contributed by atoms with E-state index in [1.165, 1.54) is 11.8 Å². The fourth-order valence-corrected chi connectivity index (χ4v) is 3.02. The second-order valence-electron chi connectivity index (χ2n) is 3.02. The Morgan fingerprint density at radius 3 is 2.75 bits per heavy atom. The van der Waals surface area contributed by atoms with Crippen LogP contribution >= 0.6 is 45.7 Å². The fourth-order valence-electron chi connectivity index (χ4n) is 1.13. The van der Waals surface area contributed by atoms with E-state index in [2.05, 4.69) is 27.6 Å². The zero-order valence-electron chi connectivity index (χ0n) is 8.22. The normalized spacial score (nSPS) is 10.3. The summed E-state index contributed by atoms with van der Waals surface area (Å²) in [6.45, 7) is 0. The molecule has 0 N–H and O–H groups in total. The van der Waals surface area contributed by atoms with Crippen LogP contribution in [-0.4, -0.2) is 16.5 Å². The molecule has 2 rings (SSSR count). The molecule has 1 aromatic heterocycles. The fraction of sp³-hybridized carbons (Fsp3) is 0.0909. The van der Waals surface area contributed by atoms with Gasteiger partial charge in [-0.3, -0.25) is 4.79 Å². The van der Waals surface area contributed by atoms with Gasteiger partial charge in [0.15, 0.2) is 5.78 Å². The van der Waals surface area contributed by atoms with Gasteiger partial charge < -0.3 is 0 Å². The molecule has 0 aliphatic carbocycles. The monoisotopic (exact) mass is 361 g/mol. The van der Waals surface area contributed by atoms with Crippen LogP contribution in [-0.2, 0) is 0 Å². The molecule has 0 saturated carbocycles. The van der Waals surface area contributed by atoms with Crippen LogP contribution in [0.25, 0.3) is 0 Å². The number of hydrogen-bond acceptors (Lipinski definition) is 4. The molecule has 0 atom stereocenters. The lowest BCUT2D eigenvalue weighted by atomic mass is 10.2. The summed E-state index contributed by atoms with van der Waals surface area (Å²) in [7, 11) is 0. The Balaban J connectivity index is 1.95. The first-order chi connectivity index (χ1) is 7.75. The first-order valence-electron chi connectivity index (χ1n) is 4.57.